The van der Waals surface area contributed by atoms with Crippen molar-refractivity contribution in [3.05, 3.63) is 71.3 Å². The van der Waals surface area contributed by atoms with Gasteiger partial charge in [0, 0.05) is 12.0 Å². The van der Waals surface area contributed by atoms with Gasteiger partial charge in [-0.1, -0.05) is 54.5 Å². The monoisotopic (exact) mass is 276 g/mol. The average molecular weight is 276 g/mol. The van der Waals surface area contributed by atoms with Crippen LogP contribution in [0.4, 0.5) is 0 Å². The summed E-state index contributed by atoms with van der Waals surface area (Å²) in [5.41, 5.74) is 6.66. The Balaban J connectivity index is 1.98. The van der Waals surface area contributed by atoms with Crippen LogP contribution in [0.25, 0.3) is 5.57 Å². The molecule has 0 aliphatic rings. The Morgan fingerprint density at radius 2 is 1.57 bits per heavy atom. The Bertz CT molecular complexity index is 668. The number of carbonyl (C=O) groups is 1. The Labute approximate surface area is 128 Å². The molecule has 0 radical (unpaired) electrons. The van der Waals surface area contributed by atoms with Crippen molar-refractivity contribution in [1.82, 2.24) is 0 Å². The van der Waals surface area contributed by atoms with E-state index in [-0.39, 0.29) is 5.78 Å². The molecule has 21 heavy (non-hydrogen) atoms. The second kappa shape index (κ2) is 6.58. The first kappa shape index (κ1) is 15.3. The summed E-state index contributed by atoms with van der Waals surface area (Å²) in [4.78, 5) is 12.2. The van der Waals surface area contributed by atoms with Gasteiger partial charge in [0.2, 0.25) is 0 Å². The fraction of sp³-hybridized carbons (Fsp3) is 0.211. The van der Waals surface area contributed by atoms with Crippen LogP contribution >= 0.6 is 0 Å². The van der Waals surface area contributed by atoms with E-state index in [9.17, 15) is 4.79 Å². The summed E-state index contributed by atoms with van der Waals surface area (Å²) in [5.74, 6) is 0.181. The van der Waals surface area contributed by atoms with Gasteiger partial charge in [0.1, 0.15) is 7.85 Å². The number of ketones is 1. The van der Waals surface area contributed by atoms with E-state index in [0.29, 0.717) is 12.8 Å². The molecule has 1 nitrogen and oxygen atoms in total. The first-order valence-corrected chi connectivity index (χ1v) is 7.32. The van der Waals surface area contributed by atoms with Crippen LogP contribution in [0.15, 0.2) is 49.0 Å². The molecule has 0 saturated heterocycles. The molecule has 0 N–H and O–H groups in total. The minimum Gasteiger partial charge on any atom is -0.294 e. The van der Waals surface area contributed by atoms with Gasteiger partial charge in [0.25, 0.3) is 0 Å². The topological polar surface area (TPSA) is 17.1 Å². The normalized spacial score (nSPS) is 10.4. The predicted molar refractivity (Wildman–Crippen MR) is 93.1 cm³/mol. The molecule has 0 aliphatic heterocycles. The summed E-state index contributed by atoms with van der Waals surface area (Å²) in [7, 11) is 2.02. The van der Waals surface area contributed by atoms with Crippen molar-refractivity contribution in [1.29, 1.82) is 0 Å². The molecule has 0 bridgehead atoms. The van der Waals surface area contributed by atoms with Crippen LogP contribution < -0.4 is 5.46 Å². The molecule has 0 atom stereocenters. The van der Waals surface area contributed by atoms with Crippen molar-refractivity contribution in [3.63, 3.8) is 0 Å². The molecule has 2 rings (SSSR count). The Hall–Kier alpha value is -2.09. The van der Waals surface area contributed by atoms with Gasteiger partial charge in [-0.2, -0.15) is 0 Å². The van der Waals surface area contributed by atoms with Gasteiger partial charge in [0.05, 0.1) is 0 Å². The highest BCUT2D eigenvalue weighted by Crippen LogP contribution is 2.21. The molecule has 2 heteroatoms. The lowest BCUT2D eigenvalue weighted by Gasteiger charge is -2.08. The molecule has 0 aliphatic carbocycles. The largest absolute Gasteiger partial charge is 0.294 e. The minimum absolute atomic E-state index is 0.181. The zero-order chi connectivity index (χ0) is 15.4. The maximum Gasteiger partial charge on any atom is 0.163 e. The zero-order valence-corrected chi connectivity index (χ0v) is 13.1. The van der Waals surface area contributed by atoms with E-state index in [4.69, 9.17) is 0 Å². The summed E-state index contributed by atoms with van der Waals surface area (Å²) in [5, 5.41) is 0. The van der Waals surface area contributed by atoms with Crippen LogP contribution in [0, 0.1) is 13.8 Å². The highest BCUT2D eigenvalue weighted by atomic mass is 16.1. The Kier molecular flexibility index (Phi) is 4.79. The van der Waals surface area contributed by atoms with Crippen molar-refractivity contribution in [3.8, 4) is 0 Å². The lowest BCUT2D eigenvalue weighted by atomic mass is 9.93. The van der Waals surface area contributed by atoms with Crippen molar-refractivity contribution < 1.29 is 4.79 Å². The molecule has 0 aromatic heterocycles. The predicted octanol–water partition coefficient (Wildman–Crippen LogP) is 3.24. The van der Waals surface area contributed by atoms with E-state index in [0.717, 1.165) is 16.7 Å². The first-order valence-electron chi connectivity index (χ1n) is 7.32. The first-order chi connectivity index (χ1) is 9.97. The van der Waals surface area contributed by atoms with Crippen LogP contribution in [0.1, 0.15) is 39.9 Å². The smallest absolute Gasteiger partial charge is 0.163 e. The van der Waals surface area contributed by atoms with E-state index in [1.165, 1.54) is 16.6 Å². The molecule has 0 saturated carbocycles. The van der Waals surface area contributed by atoms with Crippen LogP contribution in [-0.2, 0) is 0 Å². The molecule has 0 fully saturated rings. The maximum absolute atomic E-state index is 12.2. The molecule has 0 heterocycles. The summed E-state index contributed by atoms with van der Waals surface area (Å²) in [6, 6.07) is 14.1. The summed E-state index contributed by atoms with van der Waals surface area (Å²) in [6.45, 7) is 8.32. The van der Waals surface area contributed by atoms with E-state index >= 15 is 0 Å². The SMILES string of the molecule is Bc1ccc(C(=O)CCC(=C)c2ccc(C)c(C)c2)cc1. The van der Waals surface area contributed by atoms with E-state index in [1.54, 1.807) is 0 Å². The number of Topliss-reactive ketones (excluding diaryl/α,β-unsaturated/α-hetero) is 1. The molecule has 0 amide bonds. The third kappa shape index (κ3) is 3.94. The third-order valence-electron chi connectivity index (χ3n) is 3.94. The quantitative estimate of drug-likeness (QED) is 0.605. The van der Waals surface area contributed by atoms with Crippen LogP contribution in [0.2, 0.25) is 0 Å². The minimum atomic E-state index is 0.181. The standard InChI is InChI=1S/C19H21BO/c1-13-4-6-17(12-15(13)3)14(2)5-11-19(21)16-7-9-18(20)10-8-16/h4,6-10,12H,2,5,11,20H2,1,3H3. The zero-order valence-electron chi connectivity index (χ0n) is 13.1. The van der Waals surface area contributed by atoms with Gasteiger partial charge < -0.3 is 0 Å². The molecule has 0 spiro atoms. The van der Waals surface area contributed by atoms with E-state index in [1.807, 2.05) is 32.1 Å². The van der Waals surface area contributed by atoms with Gasteiger partial charge in [-0.25, -0.2) is 0 Å². The fourth-order valence-corrected chi connectivity index (χ4v) is 2.25. The molecular weight excluding hydrogens is 255 g/mol. The number of aryl methyl sites for hydroxylation is 2. The van der Waals surface area contributed by atoms with Gasteiger partial charge in [-0.15, -0.1) is 0 Å². The van der Waals surface area contributed by atoms with Gasteiger partial charge in [-0.3, -0.25) is 4.79 Å². The third-order valence-corrected chi connectivity index (χ3v) is 3.94. The molecule has 0 unspecified atom stereocenters. The number of carbonyl (C=O) groups excluding carboxylic acids is 1. The van der Waals surface area contributed by atoms with Crippen molar-refractivity contribution in [2.24, 2.45) is 0 Å². The van der Waals surface area contributed by atoms with Crippen molar-refractivity contribution >= 4 is 24.7 Å². The van der Waals surface area contributed by atoms with Gasteiger partial charge in [0.15, 0.2) is 5.78 Å². The fourth-order valence-electron chi connectivity index (χ4n) is 2.25. The lowest BCUT2D eigenvalue weighted by Crippen LogP contribution is -2.05. The second-order valence-corrected chi connectivity index (χ2v) is 5.69. The van der Waals surface area contributed by atoms with Crippen LogP contribution in [0.3, 0.4) is 0 Å². The van der Waals surface area contributed by atoms with Gasteiger partial charge in [-0.05, 0) is 42.5 Å². The summed E-state index contributed by atoms with van der Waals surface area (Å²) in [6.07, 6.45) is 1.21. The van der Waals surface area contributed by atoms with Crippen molar-refractivity contribution in [2.75, 3.05) is 0 Å². The molecule has 2 aromatic carbocycles. The van der Waals surface area contributed by atoms with E-state index in [2.05, 4.69) is 38.6 Å². The van der Waals surface area contributed by atoms with Crippen molar-refractivity contribution in [2.45, 2.75) is 26.7 Å². The number of allylic oxidation sites excluding steroid dienone is 1. The highest BCUT2D eigenvalue weighted by molar-refractivity contribution is 6.32. The van der Waals surface area contributed by atoms with E-state index < -0.39 is 0 Å². The molecule has 2 aromatic rings. The highest BCUT2D eigenvalue weighted by Gasteiger charge is 2.08. The maximum atomic E-state index is 12.2. The molecular formula is C19H21BO. The van der Waals surface area contributed by atoms with Gasteiger partial charge >= 0.3 is 0 Å². The molecule has 106 valence electrons. The average Bonchev–Trinajstić information content (AvgIpc) is 2.48. The number of benzene rings is 2. The second-order valence-electron chi connectivity index (χ2n) is 5.69. The van der Waals surface area contributed by atoms with Crippen LogP contribution in [0.5, 0.6) is 0 Å². The number of hydrogen-bond donors (Lipinski definition) is 0. The summed E-state index contributed by atoms with van der Waals surface area (Å²) < 4.78 is 0. The van der Waals surface area contributed by atoms with Crippen LogP contribution in [-0.4, -0.2) is 13.6 Å². The number of rotatable bonds is 5. The summed E-state index contributed by atoms with van der Waals surface area (Å²) >= 11 is 0. The Morgan fingerprint density at radius 3 is 2.19 bits per heavy atom. The Morgan fingerprint density at radius 1 is 0.952 bits per heavy atom. The number of hydrogen-bond acceptors (Lipinski definition) is 1. The lowest BCUT2D eigenvalue weighted by molar-refractivity contribution is 0.0984.